The third kappa shape index (κ3) is 2.33. The number of rotatable bonds is 2. The second kappa shape index (κ2) is 5.06. The number of likely N-dealkylation sites (N-methyl/N-ethyl adjacent to an activating group) is 1. The molecule has 0 bridgehead atoms. The summed E-state index contributed by atoms with van der Waals surface area (Å²) in [4.78, 5) is 2.16. The molecule has 1 aromatic carbocycles. The maximum atomic E-state index is 9.71. The van der Waals surface area contributed by atoms with Crippen LogP contribution < -0.4 is 0 Å². The van der Waals surface area contributed by atoms with Gasteiger partial charge in [-0.25, -0.2) is 0 Å². The number of halogens is 1. The van der Waals surface area contributed by atoms with Gasteiger partial charge in [-0.05, 0) is 44.5 Å². The van der Waals surface area contributed by atoms with Crippen molar-refractivity contribution in [3.05, 3.63) is 23.3 Å². The molecule has 0 amide bonds. The standard InChI is InChI=1S/C12H17NO2.BrH/c1-13(2)7-8-3-4-10-9(8)5-6-11(14)12(10)15;/h5-6,8,14-15H,3-4,7H2,1-2H3;1H. The molecule has 0 spiro atoms. The third-order valence-corrected chi connectivity index (χ3v) is 3.07. The molecule has 2 N–H and O–H groups in total. The number of benzene rings is 1. The largest absolute Gasteiger partial charge is 0.504 e. The third-order valence-electron chi connectivity index (χ3n) is 3.07. The van der Waals surface area contributed by atoms with Crippen LogP contribution in [0, 0.1) is 0 Å². The van der Waals surface area contributed by atoms with Gasteiger partial charge < -0.3 is 15.1 Å². The Morgan fingerprint density at radius 3 is 2.62 bits per heavy atom. The van der Waals surface area contributed by atoms with Gasteiger partial charge in [0.15, 0.2) is 11.5 Å². The molecule has 0 aliphatic heterocycles. The first-order valence-electron chi connectivity index (χ1n) is 5.28. The van der Waals surface area contributed by atoms with Gasteiger partial charge in [0, 0.05) is 12.1 Å². The van der Waals surface area contributed by atoms with Gasteiger partial charge in [0.05, 0.1) is 0 Å². The molecule has 1 aliphatic carbocycles. The predicted molar refractivity (Wildman–Crippen MR) is 69.7 cm³/mol. The Kier molecular flexibility index (Phi) is 4.21. The lowest BCUT2D eigenvalue weighted by atomic mass is 10.0. The van der Waals surface area contributed by atoms with Crippen LogP contribution in [0.2, 0.25) is 0 Å². The molecule has 0 aromatic heterocycles. The second-order valence-electron chi connectivity index (χ2n) is 4.50. The number of hydrogen-bond acceptors (Lipinski definition) is 3. The minimum absolute atomic E-state index is 0. The van der Waals surface area contributed by atoms with Crippen LogP contribution in [-0.4, -0.2) is 35.8 Å². The topological polar surface area (TPSA) is 43.7 Å². The molecule has 3 nitrogen and oxygen atoms in total. The molecule has 2 rings (SSSR count). The monoisotopic (exact) mass is 287 g/mol. The summed E-state index contributed by atoms with van der Waals surface area (Å²) in [6.07, 6.45) is 1.93. The van der Waals surface area contributed by atoms with Crippen molar-refractivity contribution in [1.82, 2.24) is 4.90 Å². The number of aromatic hydroxyl groups is 2. The van der Waals surface area contributed by atoms with Gasteiger partial charge in [0.1, 0.15) is 0 Å². The lowest BCUT2D eigenvalue weighted by Gasteiger charge is -2.17. The molecule has 0 saturated heterocycles. The van der Waals surface area contributed by atoms with Crippen LogP contribution in [0.3, 0.4) is 0 Å². The van der Waals surface area contributed by atoms with E-state index in [1.807, 2.05) is 6.07 Å². The van der Waals surface area contributed by atoms with Crippen LogP contribution in [0.5, 0.6) is 11.5 Å². The van der Waals surface area contributed by atoms with Crippen molar-refractivity contribution < 1.29 is 10.2 Å². The van der Waals surface area contributed by atoms with E-state index in [0.717, 1.165) is 24.9 Å². The summed E-state index contributed by atoms with van der Waals surface area (Å²) < 4.78 is 0. The van der Waals surface area contributed by atoms with Crippen LogP contribution in [0.4, 0.5) is 0 Å². The van der Waals surface area contributed by atoms with E-state index in [0.29, 0.717) is 5.92 Å². The number of fused-ring (bicyclic) bond motifs is 1. The van der Waals surface area contributed by atoms with Crippen molar-refractivity contribution in [3.8, 4) is 11.5 Å². The lowest BCUT2D eigenvalue weighted by Crippen LogP contribution is -2.18. The van der Waals surface area contributed by atoms with Crippen molar-refractivity contribution in [3.63, 3.8) is 0 Å². The van der Waals surface area contributed by atoms with E-state index in [4.69, 9.17) is 0 Å². The highest BCUT2D eigenvalue weighted by atomic mass is 79.9. The number of phenolic OH excluding ortho intramolecular Hbond substituents is 2. The molecule has 90 valence electrons. The summed E-state index contributed by atoms with van der Waals surface area (Å²) >= 11 is 0. The fourth-order valence-electron chi connectivity index (χ4n) is 2.39. The number of nitrogens with zero attached hydrogens (tertiary/aromatic N) is 1. The zero-order valence-corrected chi connectivity index (χ0v) is 11.3. The van der Waals surface area contributed by atoms with Gasteiger partial charge in [0.25, 0.3) is 0 Å². The second-order valence-corrected chi connectivity index (χ2v) is 4.50. The van der Waals surface area contributed by atoms with Crippen molar-refractivity contribution in [2.45, 2.75) is 18.8 Å². The first kappa shape index (κ1) is 13.3. The molecular formula is C12H18BrNO2. The van der Waals surface area contributed by atoms with E-state index in [2.05, 4.69) is 19.0 Å². The molecule has 1 unspecified atom stereocenters. The molecule has 1 aromatic rings. The van der Waals surface area contributed by atoms with Crippen molar-refractivity contribution in [1.29, 1.82) is 0 Å². The highest BCUT2D eigenvalue weighted by Crippen LogP contribution is 2.42. The van der Waals surface area contributed by atoms with E-state index in [9.17, 15) is 10.2 Å². The maximum absolute atomic E-state index is 9.71. The fraction of sp³-hybridized carbons (Fsp3) is 0.500. The van der Waals surface area contributed by atoms with E-state index in [-0.39, 0.29) is 28.5 Å². The molecule has 0 fully saturated rings. The highest BCUT2D eigenvalue weighted by Gasteiger charge is 2.26. The van der Waals surface area contributed by atoms with Crippen molar-refractivity contribution in [2.24, 2.45) is 0 Å². The Bertz CT molecular complexity index is 380. The summed E-state index contributed by atoms with van der Waals surface area (Å²) in [5.41, 5.74) is 2.13. The Balaban J connectivity index is 0.00000128. The Labute approximate surface area is 106 Å². The number of hydrogen-bond donors (Lipinski definition) is 2. The van der Waals surface area contributed by atoms with Gasteiger partial charge in [-0.3, -0.25) is 0 Å². The fourth-order valence-corrected chi connectivity index (χ4v) is 2.39. The molecule has 16 heavy (non-hydrogen) atoms. The van der Waals surface area contributed by atoms with Crippen LogP contribution in [0.15, 0.2) is 12.1 Å². The van der Waals surface area contributed by atoms with Crippen LogP contribution in [-0.2, 0) is 6.42 Å². The van der Waals surface area contributed by atoms with Gasteiger partial charge >= 0.3 is 0 Å². The SMILES string of the molecule is Br.CN(C)CC1CCc2c1ccc(O)c2O. The first-order valence-corrected chi connectivity index (χ1v) is 5.28. The van der Waals surface area contributed by atoms with Crippen LogP contribution >= 0.6 is 17.0 Å². The first-order chi connectivity index (χ1) is 7.09. The predicted octanol–water partition coefficient (Wildman–Crippen LogP) is 2.27. The normalized spacial score (nSPS) is 18.3. The average Bonchev–Trinajstić information content (AvgIpc) is 2.55. The van der Waals surface area contributed by atoms with E-state index in [1.54, 1.807) is 6.07 Å². The number of phenols is 2. The van der Waals surface area contributed by atoms with Gasteiger partial charge in [-0.2, -0.15) is 0 Å². The summed E-state index contributed by atoms with van der Waals surface area (Å²) in [5.74, 6) is 0.564. The minimum atomic E-state index is -0.000692. The summed E-state index contributed by atoms with van der Waals surface area (Å²) in [6.45, 7) is 0.997. The van der Waals surface area contributed by atoms with Crippen LogP contribution in [0.25, 0.3) is 0 Å². The molecule has 0 saturated carbocycles. The van der Waals surface area contributed by atoms with E-state index >= 15 is 0 Å². The highest BCUT2D eigenvalue weighted by molar-refractivity contribution is 8.93. The summed E-state index contributed by atoms with van der Waals surface area (Å²) in [5, 5.41) is 19.1. The van der Waals surface area contributed by atoms with Gasteiger partial charge in [-0.1, -0.05) is 6.07 Å². The Morgan fingerprint density at radius 1 is 1.31 bits per heavy atom. The summed E-state index contributed by atoms with van der Waals surface area (Å²) in [7, 11) is 4.11. The van der Waals surface area contributed by atoms with Crippen LogP contribution in [0.1, 0.15) is 23.5 Å². The molecule has 4 heteroatoms. The molecule has 1 atom stereocenters. The molecule has 0 radical (unpaired) electrons. The van der Waals surface area contributed by atoms with E-state index < -0.39 is 0 Å². The molecular weight excluding hydrogens is 270 g/mol. The minimum Gasteiger partial charge on any atom is -0.504 e. The lowest BCUT2D eigenvalue weighted by molar-refractivity contribution is 0.372. The Morgan fingerprint density at radius 2 is 2.00 bits per heavy atom. The average molecular weight is 288 g/mol. The molecule has 0 heterocycles. The van der Waals surface area contributed by atoms with Crippen molar-refractivity contribution in [2.75, 3.05) is 20.6 Å². The zero-order chi connectivity index (χ0) is 11.0. The van der Waals surface area contributed by atoms with E-state index in [1.165, 1.54) is 5.56 Å². The smallest absolute Gasteiger partial charge is 0.160 e. The zero-order valence-electron chi connectivity index (χ0n) is 9.60. The van der Waals surface area contributed by atoms with Crippen molar-refractivity contribution >= 4 is 17.0 Å². The quantitative estimate of drug-likeness (QED) is 0.820. The Hall–Kier alpha value is -0.740. The van der Waals surface area contributed by atoms with Gasteiger partial charge in [-0.15, -0.1) is 17.0 Å². The summed E-state index contributed by atoms with van der Waals surface area (Å²) in [6, 6.07) is 3.52. The van der Waals surface area contributed by atoms with Gasteiger partial charge in [0.2, 0.25) is 0 Å². The maximum Gasteiger partial charge on any atom is 0.160 e. The molecule has 1 aliphatic rings.